The van der Waals surface area contributed by atoms with Crippen LogP contribution in [0.25, 0.3) is 0 Å². The van der Waals surface area contributed by atoms with Crippen LogP contribution in [0.1, 0.15) is 36.5 Å². The molecule has 2 N–H and O–H groups in total. The number of ether oxygens (including phenoxy) is 1. The summed E-state index contributed by atoms with van der Waals surface area (Å²) in [6, 6.07) is 2.85. The van der Waals surface area contributed by atoms with Crippen molar-refractivity contribution < 1.29 is 24.2 Å². The summed E-state index contributed by atoms with van der Waals surface area (Å²) in [4.78, 5) is 36.8. The van der Waals surface area contributed by atoms with E-state index in [4.69, 9.17) is 33.0 Å². The molecule has 7 nitrogen and oxygen atoms in total. The van der Waals surface area contributed by atoms with Gasteiger partial charge in [-0.3, -0.25) is 9.59 Å². The van der Waals surface area contributed by atoms with Gasteiger partial charge in [-0.25, -0.2) is 4.79 Å². The maximum atomic E-state index is 12.3. The first-order valence-electron chi connectivity index (χ1n) is 8.85. The molecule has 1 aliphatic heterocycles. The Balaban J connectivity index is 1.95. The van der Waals surface area contributed by atoms with Crippen LogP contribution in [0.5, 0.6) is 5.75 Å². The number of hydrogen-bond donors (Lipinski definition) is 2. The molecule has 152 valence electrons. The Bertz CT molecular complexity index is 789. The maximum Gasteiger partial charge on any atom is 0.404 e. The molecule has 0 bridgehead atoms. The molecule has 0 atom stereocenters. The minimum atomic E-state index is -1.07. The molecule has 1 aliphatic rings. The largest absolute Gasteiger partial charge is 0.482 e. The highest BCUT2D eigenvalue weighted by atomic mass is 35.5. The van der Waals surface area contributed by atoms with Gasteiger partial charge in [0.25, 0.3) is 5.91 Å². The number of amides is 2. The zero-order chi connectivity index (χ0) is 20.8. The highest BCUT2D eigenvalue weighted by Crippen LogP contribution is 2.35. The molecule has 0 aromatic heterocycles. The van der Waals surface area contributed by atoms with Crippen LogP contribution in [-0.2, 0) is 4.79 Å². The first kappa shape index (κ1) is 22.0. The van der Waals surface area contributed by atoms with Gasteiger partial charge in [0.2, 0.25) is 0 Å². The zero-order valence-electron chi connectivity index (χ0n) is 15.5. The molecule has 1 aromatic carbocycles. The number of ketones is 1. The van der Waals surface area contributed by atoms with E-state index in [1.165, 1.54) is 12.1 Å². The quantitative estimate of drug-likeness (QED) is 0.508. The van der Waals surface area contributed by atoms with Crippen LogP contribution in [-0.4, -0.2) is 53.5 Å². The number of allylic oxidation sites excluding steroid dienone is 1. The van der Waals surface area contributed by atoms with Crippen LogP contribution >= 0.6 is 23.2 Å². The molecule has 0 spiro atoms. The van der Waals surface area contributed by atoms with E-state index in [0.29, 0.717) is 37.9 Å². The monoisotopic (exact) mass is 428 g/mol. The first-order chi connectivity index (χ1) is 13.2. The Morgan fingerprint density at radius 2 is 1.89 bits per heavy atom. The predicted octanol–water partition coefficient (Wildman–Crippen LogP) is 3.78. The van der Waals surface area contributed by atoms with Gasteiger partial charge in [0.05, 0.1) is 5.02 Å². The Labute approximate surface area is 173 Å². The van der Waals surface area contributed by atoms with E-state index in [2.05, 4.69) is 11.9 Å². The number of halogens is 2. The minimum absolute atomic E-state index is 0.0618. The number of benzene rings is 1. The summed E-state index contributed by atoms with van der Waals surface area (Å²) < 4.78 is 5.49. The Morgan fingerprint density at radius 3 is 2.46 bits per heavy atom. The van der Waals surface area contributed by atoms with Gasteiger partial charge in [-0.1, -0.05) is 36.7 Å². The van der Waals surface area contributed by atoms with Gasteiger partial charge in [-0.2, -0.15) is 0 Å². The van der Waals surface area contributed by atoms with Gasteiger partial charge in [0, 0.05) is 24.7 Å². The molecule has 1 saturated heterocycles. The minimum Gasteiger partial charge on any atom is -0.482 e. The summed E-state index contributed by atoms with van der Waals surface area (Å²) in [5, 5.41) is 11.3. The molecule has 0 saturated carbocycles. The predicted molar refractivity (Wildman–Crippen MR) is 106 cm³/mol. The number of nitrogens with zero attached hydrogens (tertiary/aromatic N) is 1. The smallest absolute Gasteiger partial charge is 0.404 e. The third kappa shape index (κ3) is 5.39. The number of nitrogens with one attached hydrogen (secondary N) is 1. The van der Waals surface area contributed by atoms with Crippen LogP contribution in [0.15, 0.2) is 24.3 Å². The van der Waals surface area contributed by atoms with Crippen LogP contribution in [0, 0.1) is 0 Å². The second kappa shape index (κ2) is 9.80. The summed E-state index contributed by atoms with van der Waals surface area (Å²) in [5.41, 5.74) is 0.660. The molecule has 0 radical (unpaired) electrons. The van der Waals surface area contributed by atoms with Gasteiger partial charge in [-0.05, 0) is 37.0 Å². The summed E-state index contributed by atoms with van der Waals surface area (Å²) in [7, 11) is 0. The van der Waals surface area contributed by atoms with E-state index in [0.717, 1.165) is 0 Å². The lowest BCUT2D eigenvalue weighted by Crippen LogP contribution is -2.47. The van der Waals surface area contributed by atoms with Gasteiger partial charge in [0.15, 0.2) is 12.4 Å². The van der Waals surface area contributed by atoms with Gasteiger partial charge in [0.1, 0.15) is 10.8 Å². The number of piperidine rings is 1. The highest BCUT2D eigenvalue weighted by Gasteiger charge is 2.24. The van der Waals surface area contributed by atoms with Crippen molar-refractivity contribution in [3.05, 3.63) is 39.9 Å². The number of rotatable bonds is 7. The molecular weight excluding hydrogens is 407 g/mol. The van der Waals surface area contributed by atoms with Crippen LogP contribution < -0.4 is 10.1 Å². The standard InChI is InChI=1S/C19H22Cl2N2O5/c1-3-11(2)18(25)13-4-5-14(17(21)16(13)20)28-10-15(24)23-8-6-12(7-9-23)22-19(26)27/h4-5,12,22H,2-3,6-10H2,1H3,(H,26,27). The van der Waals surface area contributed by atoms with Gasteiger partial charge < -0.3 is 20.1 Å². The van der Waals surface area contributed by atoms with Crippen molar-refractivity contribution in [1.29, 1.82) is 0 Å². The molecule has 1 fully saturated rings. The number of carbonyl (C=O) groups is 3. The van der Waals surface area contributed by atoms with E-state index < -0.39 is 6.09 Å². The highest BCUT2D eigenvalue weighted by molar-refractivity contribution is 6.45. The number of hydrogen-bond acceptors (Lipinski definition) is 4. The maximum absolute atomic E-state index is 12.3. The number of carboxylic acid groups (broad SMARTS) is 1. The first-order valence-corrected chi connectivity index (χ1v) is 9.60. The van der Waals surface area contributed by atoms with Crippen molar-refractivity contribution in [2.24, 2.45) is 0 Å². The third-order valence-corrected chi connectivity index (χ3v) is 5.43. The Morgan fingerprint density at radius 1 is 1.25 bits per heavy atom. The topological polar surface area (TPSA) is 95.9 Å². The van der Waals surface area contributed by atoms with Crippen molar-refractivity contribution in [3.8, 4) is 5.75 Å². The molecular formula is C19H22Cl2N2O5. The average Bonchev–Trinajstić information content (AvgIpc) is 2.67. The van der Waals surface area contributed by atoms with E-state index in [9.17, 15) is 14.4 Å². The lowest BCUT2D eigenvalue weighted by Gasteiger charge is -2.31. The number of likely N-dealkylation sites (tertiary alicyclic amines) is 1. The van der Waals surface area contributed by atoms with Crippen molar-refractivity contribution in [2.45, 2.75) is 32.2 Å². The molecule has 28 heavy (non-hydrogen) atoms. The number of Topliss-reactive ketones (excluding diaryl/α,β-unsaturated/α-hetero) is 1. The fourth-order valence-electron chi connectivity index (χ4n) is 2.85. The summed E-state index contributed by atoms with van der Waals surface area (Å²) >= 11 is 12.4. The summed E-state index contributed by atoms with van der Waals surface area (Å²) in [6.45, 7) is 6.17. The normalized spacial score (nSPS) is 14.5. The van der Waals surface area contributed by atoms with Crippen molar-refractivity contribution in [2.75, 3.05) is 19.7 Å². The molecule has 0 unspecified atom stereocenters. The van der Waals surface area contributed by atoms with E-state index >= 15 is 0 Å². The molecule has 0 aliphatic carbocycles. The summed E-state index contributed by atoms with van der Waals surface area (Å²) in [6.07, 6.45) is 0.521. The van der Waals surface area contributed by atoms with Crippen LogP contribution in [0.4, 0.5) is 4.79 Å². The average molecular weight is 429 g/mol. The fourth-order valence-corrected chi connectivity index (χ4v) is 3.31. The van der Waals surface area contributed by atoms with Crippen LogP contribution in [0.2, 0.25) is 10.0 Å². The van der Waals surface area contributed by atoms with E-state index in [1.54, 1.807) is 4.90 Å². The fraction of sp³-hybridized carbons (Fsp3) is 0.421. The lowest BCUT2D eigenvalue weighted by molar-refractivity contribution is -0.134. The summed E-state index contributed by atoms with van der Waals surface area (Å²) in [5.74, 6) is -0.309. The molecule has 1 heterocycles. The van der Waals surface area contributed by atoms with Crippen molar-refractivity contribution in [3.63, 3.8) is 0 Å². The Kier molecular flexibility index (Phi) is 7.71. The molecule has 1 aromatic rings. The number of carbonyl (C=O) groups excluding carboxylic acids is 2. The van der Waals surface area contributed by atoms with Gasteiger partial charge >= 0.3 is 6.09 Å². The van der Waals surface area contributed by atoms with Crippen LogP contribution in [0.3, 0.4) is 0 Å². The SMILES string of the molecule is C=C(CC)C(=O)c1ccc(OCC(=O)N2CCC(NC(=O)O)CC2)c(Cl)c1Cl. The van der Waals surface area contributed by atoms with E-state index in [1.807, 2.05) is 6.92 Å². The van der Waals surface area contributed by atoms with Crippen molar-refractivity contribution >= 4 is 41.0 Å². The second-order valence-electron chi connectivity index (χ2n) is 6.42. The second-order valence-corrected chi connectivity index (χ2v) is 7.17. The Hall–Kier alpha value is -2.25. The zero-order valence-corrected chi connectivity index (χ0v) is 17.0. The van der Waals surface area contributed by atoms with Crippen molar-refractivity contribution in [1.82, 2.24) is 10.2 Å². The van der Waals surface area contributed by atoms with E-state index in [-0.39, 0.29) is 45.7 Å². The molecule has 2 rings (SSSR count). The molecule has 9 heteroatoms. The third-order valence-electron chi connectivity index (χ3n) is 4.57. The van der Waals surface area contributed by atoms with Gasteiger partial charge in [-0.15, -0.1) is 0 Å². The lowest BCUT2D eigenvalue weighted by atomic mass is 10.0. The molecule has 2 amide bonds.